The number of hydrogen-bond acceptors (Lipinski definition) is 3. The molecule has 1 aliphatic carbocycles. The van der Waals surface area contributed by atoms with Gasteiger partial charge >= 0.3 is 0 Å². The second-order valence-electron chi connectivity index (χ2n) is 5.74. The van der Waals surface area contributed by atoms with Crippen LogP contribution in [0.15, 0.2) is 30.5 Å². The van der Waals surface area contributed by atoms with Crippen molar-refractivity contribution in [2.75, 3.05) is 5.73 Å². The van der Waals surface area contributed by atoms with E-state index in [-0.39, 0.29) is 11.5 Å². The Kier molecular flexibility index (Phi) is 4.07. The number of aliphatic hydroxyl groups is 1. The summed E-state index contributed by atoms with van der Waals surface area (Å²) in [6.07, 6.45) is 4.54. The Labute approximate surface area is 127 Å². The van der Waals surface area contributed by atoms with Crippen LogP contribution in [0.1, 0.15) is 37.3 Å². The molecule has 0 aliphatic heterocycles. The van der Waals surface area contributed by atoms with Crippen molar-refractivity contribution in [2.45, 2.75) is 37.7 Å². The fourth-order valence-electron chi connectivity index (χ4n) is 3.15. The molecule has 0 amide bonds. The SMILES string of the molecule is Nc1c(-c2cc(F)ccc2F)ccnc1C1CCCCC1O. The molecule has 3 rings (SSSR count). The van der Waals surface area contributed by atoms with Crippen LogP contribution >= 0.6 is 0 Å². The van der Waals surface area contributed by atoms with Crippen LogP contribution in [0, 0.1) is 11.6 Å². The number of aliphatic hydroxyl groups excluding tert-OH is 1. The molecule has 0 spiro atoms. The van der Waals surface area contributed by atoms with Crippen LogP contribution < -0.4 is 5.73 Å². The number of nitrogen functional groups attached to an aromatic ring is 1. The standard InChI is InChI=1S/C17H18F2N2O/c18-10-5-6-14(19)13(9-10)11-7-8-21-17(16(11)20)12-3-1-2-4-15(12)22/h5-9,12,15,22H,1-4,20H2. The third kappa shape index (κ3) is 2.68. The van der Waals surface area contributed by atoms with Crippen molar-refractivity contribution < 1.29 is 13.9 Å². The zero-order chi connectivity index (χ0) is 15.7. The number of aromatic nitrogens is 1. The number of benzene rings is 1. The average Bonchev–Trinajstić information content (AvgIpc) is 2.51. The maximum atomic E-state index is 14.0. The topological polar surface area (TPSA) is 59.1 Å². The Morgan fingerprint density at radius 1 is 1.09 bits per heavy atom. The van der Waals surface area contributed by atoms with Gasteiger partial charge in [0.25, 0.3) is 0 Å². The van der Waals surface area contributed by atoms with Crippen LogP contribution in [-0.4, -0.2) is 16.2 Å². The molecule has 2 unspecified atom stereocenters. The van der Waals surface area contributed by atoms with Crippen molar-refractivity contribution in [1.82, 2.24) is 4.98 Å². The van der Waals surface area contributed by atoms with Crippen molar-refractivity contribution >= 4 is 5.69 Å². The Morgan fingerprint density at radius 2 is 1.86 bits per heavy atom. The molecule has 1 fully saturated rings. The highest BCUT2D eigenvalue weighted by Crippen LogP contribution is 2.38. The minimum atomic E-state index is -0.533. The van der Waals surface area contributed by atoms with E-state index in [0.717, 1.165) is 37.5 Å². The second-order valence-corrected chi connectivity index (χ2v) is 5.74. The summed E-state index contributed by atoms with van der Waals surface area (Å²) >= 11 is 0. The quantitative estimate of drug-likeness (QED) is 0.890. The Bertz CT molecular complexity index is 690. The lowest BCUT2D eigenvalue weighted by Crippen LogP contribution is -2.24. The summed E-state index contributed by atoms with van der Waals surface area (Å²) in [6.45, 7) is 0. The van der Waals surface area contributed by atoms with Crippen molar-refractivity contribution in [2.24, 2.45) is 0 Å². The van der Waals surface area contributed by atoms with Gasteiger partial charge in [-0.05, 0) is 37.1 Å². The molecule has 1 aromatic heterocycles. The zero-order valence-electron chi connectivity index (χ0n) is 12.1. The van der Waals surface area contributed by atoms with E-state index in [0.29, 0.717) is 23.4 Å². The highest BCUT2D eigenvalue weighted by atomic mass is 19.1. The summed E-state index contributed by atoms with van der Waals surface area (Å²) in [6, 6.07) is 4.86. The number of hydrogen-bond donors (Lipinski definition) is 2. The predicted octanol–water partition coefficient (Wildman–Crippen LogP) is 3.63. The number of nitrogens with two attached hydrogens (primary N) is 1. The first-order chi connectivity index (χ1) is 10.6. The number of pyridine rings is 1. The number of rotatable bonds is 2. The fourth-order valence-corrected chi connectivity index (χ4v) is 3.15. The first-order valence-corrected chi connectivity index (χ1v) is 7.46. The molecular weight excluding hydrogens is 286 g/mol. The molecule has 1 saturated carbocycles. The van der Waals surface area contributed by atoms with E-state index >= 15 is 0 Å². The Morgan fingerprint density at radius 3 is 2.64 bits per heavy atom. The molecule has 0 bridgehead atoms. The van der Waals surface area contributed by atoms with Crippen molar-refractivity contribution in [3.63, 3.8) is 0 Å². The molecule has 1 aliphatic rings. The fraction of sp³-hybridized carbons (Fsp3) is 0.353. The van der Waals surface area contributed by atoms with Gasteiger partial charge in [-0.15, -0.1) is 0 Å². The minimum absolute atomic E-state index is 0.117. The van der Waals surface area contributed by atoms with E-state index in [1.807, 2.05) is 0 Å². The van der Waals surface area contributed by atoms with Crippen LogP contribution in [0.25, 0.3) is 11.1 Å². The first kappa shape index (κ1) is 14.9. The lowest BCUT2D eigenvalue weighted by Gasteiger charge is -2.28. The predicted molar refractivity (Wildman–Crippen MR) is 81.2 cm³/mol. The summed E-state index contributed by atoms with van der Waals surface area (Å²) in [5.41, 5.74) is 7.59. The van der Waals surface area contributed by atoms with Crippen molar-refractivity contribution in [3.8, 4) is 11.1 Å². The molecule has 5 heteroatoms. The number of nitrogens with zero attached hydrogens (tertiary/aromatic N) is 1. The van der Waals surface area contributed by atoms with E-state index in [1.165, 1.54) is 6.20 Å². The molecule has 0 radical (unpaired) electrons. The van der Waals surface area contributed by atoms with Crippen LogP contribution in [-0.2, 0) is 0 Å². The van der Waals surface area contributed by atoms with Crippen LogP contribution in [0.4, 0.5) is 14.5 Å². The number of halogens is 2. The highest BCUT2D eigenvalue weighted by Gasteiger charge is 2.28. The highest BCUT2D eigenvalue weighted by molar-refractivity contribution is 5.78. The minimum Gasteiger partial charge on any atom is -0.397 e. The van der Waals surface area contributed by atoms with Gasteiger partial charge in [-0.2, -0.15) is 0 Å². The smallest absolute Gasteiger partial charge is 0.131 e. The molecule has 3 N–H and O–H groups in total. The van der Waals surface area contributed by atoms with E-state index in [1.54, 1.807) is 6.07 Å². The van der Waals surface area contributed by atoms with Gasteiger partial charge in [0.05, 0.1) is 17.5 Å². The van der Waals surface area contributed by atoms with Gasteiger partial charge in [-0.1, -0.05) is 12.8 Å². The van der Waals surface area contributed by atoms with Gasteiger partial charge in [0, 0.05) is 23.2 Å². The Hall–Kier alpha value is -2.01. The Balaban J connectivity index is 2.07. The van der Waals surface area contributed by atoms with Crippen molar-refractivity contribution in [1.29, 1.82) is 0 Å². The van der Waals surface area contributed by atoms with Gasteiger partial charge in [-0.3, -0.25) is 4.98 Å². The van der Waals surface area contributed by atoms with E-state index < -0.39 is 17.7 Å². The van der Waals surface area contributed by atoms with Crippen LogP contribution in [0.2, 0.25) is 0 Å². The normalized spacial score (nSPS) is 21.8. The van der Waals surface area contributed by atoms with E-state index in [4.69, 9.17) is 5.73 Å². The molecule has 1 aromatic carbocycles. The third-order valence-corrected chi connectivity index (χ3v) is 4.32. The first-order valence-electron chi connectivity index (χ1n) is 7.46. The van der Waals surface area contributed by atoms with Gasteiger partial charge in [0.2, 0.25) is 0 Å². The molecule has 2 aromatic rings. The van der Waals surface area contributed by atoms with E-state index in [9.17, 15) is 13.9 Å². The van der Waals surface area contributed by atoms with Crippen molar-refractivity contribution in [3.05, 3.63) is 47.8 Å². The zero-order valence-corrected chi connectivity index (χ0v) is 12.1. The molecular formula is C17H18F2N2O. The van der Waals surface area contributed by atoms with Gasteiger partial charge in [0.15, 0.2) is 0 Å². The van der Waals surface area contributed by atoms with Gasteiger partial charge < -0.3 is 10.8 Å². The lowest BCUT2D eigenvalue weighted by molar-refractivity contribution is 0.105. The van der Waals surface area contributed by atoms with Gasteiger partial charge in [0.1, 0.15) is 11.6 Å². The average molecular weight is 304 g/mol. The summed E-state index contributed by atoms with van der Waals surface area (Å²) in [4.78, 5) is 4.29. The molecule has 116 valence electrons. The molecule has 1 heterocycles. The summed E-state index contributed by atoms with van der Waals surface area (Å²) in [5.74, 6) is -1.20. The molecule has 0 saturated heterocycles. The van der Waals surface area contributed by atoms with E-state index in [2.05, 4.69) is 4.98 Å². The third-order valence-electron chi connectivity index (χ3n) is 4.32. The molecule has 22 heavy (non-hydrogen) atoms. The largest absolute Gasteiger partial charge is 0.397 e. The number of anilines is 1. The van der Waals surface area contributed by atoms with Crippen LogP contribution in [0.5, 0.6) is 0 Å². The maximum absolute atomic E-state index is 14.0. The lowest BCUT2D eigenvalue weighted by atomic mass is 9.82. The maximum Gasteiger partial charge on any atom is 0.131 e. The molecule has 2 atom stereocenters. The molecule has 3 nitrogen and oxygen atoms in total. The summed E-state index contributed by atoms with van der Waals surface area (Å²) in [7, 11) is 0. The second kappa shape index (κ2) is 6.01. The summed E-state index contributed by atoms with van der Waals surface area (Å²) < 4.78 is 27.4. The summed E-state index contributed by atoms with van der Waals surface area (Å²) in [5, 5.41) is 10.2. The monoisotopic (exact) mass is 304 g/mol. The van der Waals surface area contributed by atoms with Crippen LogP contribution in [0.3, 0.4) is 0 Å². The van der Waals surface area contributed by atoms with Gasteiger partial charge in [-0.25, -0.2) is 8.78 Å².